The molecule has 0 fully saturated rings. The van der Waals surface area contributed by atoms with Crippen LogP contribution >= 0.6 is 7.80 Å². The van der Waals surface area contributed by atoms with Crippen molar-refractivity contribution in [3.8, 4) is 0 Å². The van der Waals surface area contributed by atoms with Crippen molar-refractivity contribution in [2.75, 3.05) is 0 Å². The van der Waals surface area contributed by atoms with Crippen LogP contribution in [-0.4, -0.2) is 70.8 Å². The van der Waals surface area contributed by atoms with E-state index in [0.717, 1.165) is 0 Å². The fourth-order valence-corrected chi connectivity index (χ4v) is 0. The molecule has 0 saturated heterocycles. The maximum absolute atomic E-state index is 9.40. The molecule has 0 aliphatic heterocycles. The first-order chi connectivity index (χ1) is 2.27. The van der Waals surface area contributed by atoms with Gasteiger partial charge in [0, 0.05) is 0 Å². The molecule has 0 rings (SSSR count). The monoisotopic (exact) mass is 344 g/mol. The van der Waals surface area contributed by atoms with Gasteiger partial charge in [0.1, 0.15) is 0 Å². The number of hydrogen-bond acceptors (Lipinski definition) is 1. The second-order valence-electron chi connectivity index (χ2n) is 0.449. The SMILES string of the molecule is O=C(O)[AsH]P.[GaH3].[InH3]. The summed E-state index contributed by atoms with van der Waals surface area (Å²) < 4.78 is -0.657. The topological polar surface area (TPSA) is 37.3 Å². The molecule has 0 radical (unpaired) electrons. The quantitative estimate of drug-likeness (QED) is 0.423. The molecule has 0 aliphatic rings. The number of carboxylic acid groups (broad SMARTS) is 1. The van der Waals surface area contributed by atoms with Crippen LogP contribution in [0.3, 0.4) is 0 Å². The molecular formula is CH10AsGaInO2P. The van der Waals surface area contributed by atoms with Gasteiger partial charge in [0.2, 0.25) is 0 Å². The zero-order valence-corrected chi connectivity index (χ0v) is 5.69. The molecule has 2 unspecified atom stereocenters. The van der Waals surface area contributed by atoms with E-state index >= 15 is 0 Å². The molecule has 2 atom stereocenters. The van der Waals surface area contributed by atoms with Gasteiger partial charge in [0.25, 0.3) is 0 Å². The molecule has 0 saturated carbocycles. The van der Waals surface area contributed by atoms with Crippen LogP contribution < -0.4 is 0 Å². The Morgan fingerprint density at radius 2 is 1.86 bits per heavy atom. The molecule has 0 amide bonds. The van der Waals surface area contributed by atoms with E-state index < -0.39 is 20.1 Å². The summed E-state index contributed by atoms with van der Waals surface area (Å²) in [6, 6.07) is 0. The average Bonchev–Trinajstić information content (AvgIpc) is 1.38. The summed E-state index contributed by atoms with van der Waals surface area (Å²) >= 11 is -0.722. The standard InChI is InChI=1S/CH4AsO2P.Ga.In.6H/c3-1(4)2-5;;;;;;;;/h2H,5H2,(H,3,4);;;;;;;;. The third kappa shape index (κ3) is 18.0. The van der Waals surface area contributed by atoms with Gasteiger partial charge < -0.3 is 0 Å². The van der Waals surface area contributed by atoms with Gasteiger partial charge in [0.15, 0.2) is 0 Å². The summed E-state index contributed by atoms with van der Waals surface area (Å²) in [5.41, 5.74) is 0. The first-order valence-electron chi connectivity index (χ1n) is 0.966. The Labute approximate surface area is 82.5 Å². The molecule has 0 aliphatic carbocycles. The summed E-state index contributed by atoms with van der Waals surface area (Å²) in [4.78, 5) is 9.40. The Morgan fingerprint density at radius 1 is 1.71 bits per heavy atom. The zero-order chi connectivity index (χ0) is 4.28. The van der Waals surface area contributed by atoms with E-state index in [4.69, 9.17) is 5.11 Å². The molecule has 6 heteroatoms. The molecule has 7 heavy (non-hydrogen) atoms. The van der Waals surface area contributed by atoms with Gasteiger partial charge in [-0.2, -0.15) is 0 Å². The zero-order valence-electron chi connectivity index (χ0n) is 2.43. The Kier molecular flexibility index (Phi) is 24.8. The predicted octanol–water partition coefficient (Wildman–Crippen LogP) is -2.48. The van der Waals surface area contributed by atoms with E-state index in [2.05, 4.69) is 7.80 Å². The molecule has 0 bridgehead atoms. The molecule has 1 N–H and O–H groups in total. The van der Waals surface area contributed by atoms with Crippen molar-refractivity contribution < 1.29 is 9.90 Å². The first-order valence-corrected chi connectivity index (χ1v) is 6.23. The molecule has 0 aromatic carbocycles. The van der Waals surface area contributed by atoms with Crippen LogP contribution in [0.25, 0.3) is 0 Å². The van der Waals surface area contributed by atoms with Gasteiger partial charge in [-0.05, 0) is 0 Å². The molecule has 0 aromatic rings. The van der Waals surface area contributed by atoms with Gasteiger partial charge in [-0.1, -0.05) is 0 Å². The van der Waals surface area contributed by atoms with Crippen LogP contribution in [-0.2, 0) is 0 Å². The van der Waals surface area contributed by atoms with Crippen LogP contribution in [0, 0.1) is 0 Å². The molecule has 42 valence electrons. The van der Waals surface area contributed by atoms with Crippen molar-refractivity contribution in [2.45, 2.75) is 0 Å². The van der Waals surface area contributed by atoms with Crippen molar-refractivity contribution >= 4 is 73.5 Å². The van der Waals surface area contributed by atoms with Gasteiger partial charge in [-0.3, -0.25) is 0 Å². The van der Waals surface area contributed by atoms with Crippen LogP contribution in [0.2, 0.25) is 0 Å². The summed E-state index contributed by atoms with van der Waals surface area (Å²) in [5, 5.41) is 7.76. The van der Waals surface area contributed by atoms with E-state index in [1.165, 1.54) is 0 Å². The number of carbonyl (C=O) groups is 1. The second-order valence-corrected chi connectivity index (χ2v) is 3.45. The Hall–Kier alpha value is 1.96. The van der Waals surface area contributed by atoms with Gasteiger partial charge in [-0.25, -0.2) is 0 Å². The normalized spacial score (nSPS) is 7.00. The van der Waals surface area contributed by atoms with Gasteiger partial charge >= 0.3 is 83.4 Å². The van der Waals surface area contributed by atoms with E-state index in [1.807, 2.05) is 0 Å². The van der Waals surface area contributed by atoms with E-state index in [-0.39, 0.29) is 45.6 Å². The third-order valence-corrected chi connectivity index (χ3v) is 1.92. The van der Waals surface area contributed by atoms with Crippen molar-refractivity contribution in [3.63, 3.8) is 0 Å². The molecular weight excluding hydrogens is 334 g/mol. The summed E-state index contributed by atoms with van der Waals surface area (Å²) in [5.74, 6) is 0. The molecule has 0 spiro atoms. The summed E-state index contributed by atoms with van der Waals surface area (Å²) in [6.45, 7) is 0. The van der Waals surface area contributed by atoms with E-state index in [9.17, 15) is 4.79 Å². The average molecular weight is 345 g/mol. The third-order valence-electron chi connectivity index (χ3n) is 0.123. The second kappa shape index (κ2) is 10.9. The maximum atomic E-state index is 9.40. The predicted molar refractivity (Wildman–Crippen MR) is 44.8 cm³/mol. The van der Waals surface area contributed by atoms with Crippen molar-refractivity contribution in [1.29, 1.82) is 0 Å². The Morgan fingerprint density at radius 3 is 1.86 bits per heavy atom. The number of rotatable bonds is 1. The van der Waals surface area contributed by atoms with Crippen molar-refractivity contribution in [3.05, 3.63) is 0 Å². The van der Waals surface area contributed by atoms with E-state index in [0.29, 0.717) is 0 Å². The van der Waals surface area contributed by atoms with Crippen LogP contribution in [0.4, 0.5) is 4.79 Å². The van der Waals surface area contributed by atoms with Crippen molar-refractivity contribution in [1.82, 2.24) is 0 Å². The van der Waals surface area contributed by atoms with Crippen LogP contribution in [0.15, 0.2) is 0 Å². The first kappa shape index (κ1) is 16.0. The fraction of sp³-hybridized carbons (Fsp3) is 0. The molecule has 0 aromatic heterocycles. The number of hydrogen-bond donors (Lipinski definition) is 1. The Bertz CT molecular complexity index is 53.0. The summed E-state index contributed by atoms with van der Waals surface area (Å²) in [7, 11) is 2.22. The van der Waals surface area contributed by atoms with E-state index in [1.54, 1.807) is 0 Å². The van der Waals surface area contributed by atoms with Crippen LogP contribution in [0.1, 0.15) is 0 Å². The van der Waals surface area contributed by atoms with Crippen molar-refractivity contribution in [2.24, 2.45) is 0 Å². The minimum atomic E-state index is -0.722. The fourth-order valence-electron chi connectivity index (χ4n) is 0. The molecule has 0 heterocycles. The van der Waals surface area contributed by atoms with Crippen LogP contribution in [0.5, 0.6) is 0 Å². The minimum absolute atomic E-state index is 0. The van der Waals surface area contributed by atoms with Gasteiger partial charge in [-0.15, -0.1) is 0 Å². The Balaban J connectivity index is -0.0000000800. The molecule has 2 nitrogen and oxygen atoms in total. The summed E-state index contributed by atoms with van der Waals surface area (Å²) in [6.07, 6.45) is 0. The van der Waals surface area contributed by atoms with Gasteiger partial charge in [0.05, 0.1) is 0 Å².